The number of benzene rings is 1. The summed E-state index contributed by atoms with van der Waals surface area (Å²) < 4.78 is 19.5. The number of amides is 1. The van der Waals surface area contributed by atoms with Gasteiger partial charge in [-0.2, -0.15) is 0 Å². The molecular weight excluding hydrogens is 347 g/mol. The van der Waals surface area contributed by atoms with E-state index in [9.17, 15) is 14.0 Å². The number of carbonyl (C=O) groups is 2. The molecule has 0 aromatic heterocycles. The summed E-state index contributed by atoms with van der Waals surface area (Å²) >= 11 is 5.80. The summed E-state index contributed by atoms with van der Waals surface area (Å²) in [7, 11) is 0. The molecule has 2 saturated heterocycles. The number of nitrogens with zero attached hydrogens (tertiary/aromatic N) is 1. The number of nitrogens with one attached hydrogen (secondary N) is 1. The van der Waals surface area contributed by atoms with E-state index in [0.29, 0.717) is 26.0 Å². The second-order valence-corrected chi connectivity index (χ2v) is 7.01. The lowest BCUT2D eigenvalue weighted by Crippen LogP contribution is -2.64. The lowest BCUT2D eigenvalue weighted by molar-refractivity contribution is -0.162. The van der Waals surface area contributed by atoms with E-state index >= 15 is 0 Å². The number of ether oxygens (including phenoxy) is 1. The van der Waals surface area contributed by atoms with E-state index in [4.69, 9.17) is 16.3 Å². The first kappa shape index (κ1) is 18.1. The van der Waals surface area contributed by atoms with Gasteiger partial charge in [-0.3, -0.25) is 9.59 Å². The molecule has 2 aliphatic heterocycles. The van der Waals surface area contributed by atoms with Crippen LogP contribution in [0.1, 0.15) is 36.5 Å². The lowest BCUT2D eigenvalue weighted by Gasteiger charge is -2.49. The molecule has 2 fully saturated rings. The average molecular weight is 369 g/mol. The Hall–Kier alpha value is -1.66. The molecule has 0 aliphatic carbocycles. The monoisotopic (exact) mass is 368 g/mol. The van der Waals surface area contributed by atoms with Gasteiger partial charge in [0.1, 0.15) is 5.41 Å². The third kappa shape index (κ3) is 3.25. The van der Waals surface area contributed by atoms with Crippen LogP contribution in [0.3, 0.4) is 0 Å². The molecule has 1 aromatic carbocycles. The third-order valence-corrected chi connectivity index (χ3v) is 5.46. The molecule has 3 rings (SSSR count). The quantitative estimate of drug-likeness (QED) is 0.833. The van der Waals surface area contributed by atoms with Gasteiger partial charge in [0.25, 0.3) is 5.91 Å². The minimum Gasteiger partial charge on any atom is -0.465 e. The van der Waals surface area contributed by atoms with Crippen LogP contribution in [-0.4, -0.2) is 49.1 Å². The summed E-state index contributed by atoms with van der Waals surface area (Å²) in [6.07, 6.45) is 2.13. The maximum atomic E-state index is 14.2. The minimum absolute atomic E-state index is 0.0199. The highest BCUT2D eigenvalue weighted by Crippen LogP contribution is 2.39. The molecular formula is C18H22ClFN2O3. The average Bonchev–Trinajstić information content (AvgIpc) is 2.63. The van der Waals surface area contributed by atoms with Crippen molar-refractivity contribution in [2.75, 3.05) is 26.2 Å². The third-order valence-electron chi connectivity index (χ3n) is 5.17. The number of piperidine rings is 2. The van der Waals surface area contributed by atoms with Gasteiger partial charge < -0.3 is 15.0 Å². The first-order valence-corrected chi connectivity index (χ1v) is 9.01. The zero-order valence-electron chi connectivity index (χ0n) is 14.2. The van der Waals surface area contributed by atoms with Gasteiger partial charge in [0, 0.05) is 19.1 Å². The normalized spacial score (nSPS) is 26.0. The minimum atomic E-state index is -0.767. The highest BCUT2D eigenvalue weighted by Gasteiger charge is 2.52. The topological polar surface area (TPSA) is 58.6 Å². The van der Waals surface area contributed by atoms with Gasteiger partial charge in [-0.15, -0.1) is 0 Å². The van der Waals surface area contributed by atoms with Crippen LogP contribution >= 0.6 is 11.6 Å². The molecule has 136 valence electrons. The summed E-state index contributed by atoms with van der Waals surface area (Å²) in [6.45, 7) is 3.61. The molecule has 1 N–H and O–H groups in total. The van der Waals surface area contributed by atoms with Crippen molar-refractivity contribution in [2.24, 2.45) is 5.41 Å². The number of hydrogen-bond donors (Lipinski definition) is 1. The lowest BCUT2D eigenvalue weighted by atomic mass is 9.70. The number of rotatable bonds is 3. The predicted octanol–water partition coefficient (Wildman–Crippen LogP) is 2.63. The van der Waals surface area contributed by atoms with E-state index in [1.807, 2.05) is 0 Å². The zero-order valence-corrected chi connectivity index (χ0v) is 14.9. The SMILES string of the molecule is CCOC(=O)[C@]12CCCN[C@@H]1CCN(C(=O)c1cccc(Cl)c1F)C2. The number of fused-ring (bicyclic) bond motifs is 1. The molecule has 7 heteroatoms. The smallest absolute Gasteiger partial charge is 0.315 e. The summed E-state index contributed by atoms with van der Waals surface area (Å²) in [5, 5.41) is 3.30. The van der Waals surface area contributed by atoms with Gasteiger partial charge in [-0.1, -0.05) is 17.7 Å². The van der Waals surface area contributed by atoms with Gasteiger partial charge in [0.05, 0.1) is 17.2 Å². The second-order valence-electron chi connectivity index (χ2n) is 6.60. The summed E-state index contributed by atoms with van der Waals surface area (Å²) in [4.78, 5) is 27.1. The molecule has 0 spiro atoms. The summed E-state index contributed by atoms with van der Waals surface area (Å²) in [5.41, 5.74) is -0.828. The molecule has 1 amide bonds. The summed E-state index contributed by atoms with van der Waals surface area (Å²) in [6, 6.07) is 4.36. The van der Waals surface area contributed by atoms with Crippen molar-refractivity contribution in [3.8, 4) is 0 Å². The van der Waals surface area contributed by atoms with Gasteiger partial charge in [0.2, 0.25) is 0 Å². The van der Waals surface area contributed by atoms with Gasteiger partial charge in [-0.05, 0) is 44.9 Å². The molecule has 0 radical (unpaired) electrons. The number of likely N-dealkylation sites (tertiary alicyclic amines) is 1. The Morgan fingerprint density at radius 2 is 2.28 bits per heavy atom. The highest BCUT2D eigenvalue weighted by molar-refractivity contribution is 6.31. The fraction of sp³-hybridized carbons (Fsp3) is 0.556. The van der Waals surface area contributed by atoms with Crippen molar-refractivity contribution in [3.63, 3.8) is 0 Å². The Bertz CT molecular complexity index is 684. The van der Waals surface area contributed by atoms with Gasteiger partial charge in [0.15, 0.2) is 5.82 Å². The molecule has 5 nitrogen and oxygen atoms in total. The van der Waals surface area contributed by atoms with Crippen LogP contribution in [0.25, 0.3) is 0 Å². The van der Waals surface area contributed by atoms with Crippen LogP contribution in [0, 0.1) is 11.2 Å². The maximum Gasteiger partial charge on any atom is 0.315 e. The van der Waals surface area contributed by atoms with Gasteiger partial charge in [-0.25, -0.2) is 4.39 Å². The molecule has 2 aliphatic rings. The van der Waals surface area contributed by atoms with E-state index in [1.54, 1.807) is 17.9 Å². The van der Waals surface area contributed by atoms with E-state index in [1.165, 1.54) is 12.1 Å². The van der Waals surface area contributed by atoms with E-state index in [-0.39, 0.29) is 29.1 Å². The van der Waals surface area contributed by atoms with E-state index < -0.39 is 17.1 Å². The molecule has 2 atom stereocenters. The van der Waals surface area contributed by atoms with Crippen molar-refractivity contribution < 1.29 is 18.7 Å². The van der Waals surface area contributed by atoms with Crippen LogP contribution in [-0.2, 0) is 9.53 Å². The van der Waals surface area contributed by atoms with E-state index in [0.717, 1.165) is 13.0 Å². The molecule has 1 aromatic rings. The predicted molar refractivity (Wildman–Crippen MR) is 92.0 cm³/mol. The van der Waals surface area contributed by atoms with Crippen LogP contribution in [0.5, 0.6) is 0 Å². The second kappa shape index (κ2) is 7.30. The maximum absolute atomic E-state index is 14.2. The van der Waals surface area contributed by atoms with Crippen molar-refractivity contribution in [2.45, 2.75) is 32.2 Å². The number of halogens is 2. The standard InChI is InChI=1S/C18H22ClFN2O3/c1-2-25-17(24)18-8-4-9-21-14(18)7-10-22(11-18)16(23)12-5-3-6-13(19)15(12)20/h3,5-6,14,21H,2,4,7-11H2,1H3/t14-,18+/m1/s1. The Balaban J connectivity index is 1.88. The van der Waals surface area contributed by atoms with E-state index in [2.05, 4.69) is 5.32 Å². The summed E-state index contributed by atoms with van der Waals surface area (Å²) in [5.74, 6) is -1.44. The number of carbonyl (C=O) groups excluding carboxylic acids is 2. The van der Waals surface area contributed by atoms with Crippen molar-refractivity contribution >= 4 is 23.5 Å². The Morgan fingerprint density at radius 1 is 1.48 bits per heavy atom. The van der Waals surface area contributed by atoms with Crippen LogP contribution in [0.4, 0.5) is 4.39 Å². The molecule has 0 bridgehead atoms. The Kier molecular flexibility index (Phi) is 5.29. The largest absolute Gasteiger partial charge is 0.465 e. The Labute approximate surface area is 151 Å². The van der Waals surface area contributed by atoms with Gasteiger partial charge >= 0.3 is 5.97 Å². The first-order chi connectivity index (χ1) is 12.0. The number of esters is 1. The van der Waals surface area contributed by atoms with Crippen molar-refractivity contribution in [1.82, 2.24) is 10.2 Å². The first-order valence-electron chi connectivity index (χ1n) is 8.63. The van der Waals surface area contributed by atoms with Crippen LogP contribution in [0.15, 0.2) is 18.2 Å². The Morgan fingerprint density at radius 3 is 3.04 bits per heavy atom. The zero-order chi connectivity index (χ0) is 18.0. The molecule has 25 heavy (non-hydrogen) atoms. The highest BCUT2D eigenvalue weighted by atomic mass is 35.5. The molecule has 0 saturated carbocycles. The van der Waals surface area contributed by atoms with Crippen molar-refractivity contribution in [3.05, 3.63) is 34.6 Å². The fourth-order valence-corrected chi connectivity index (χ4v) is 4.09. The molecule has 2 heterocycles. The van der Waals surface area contributed by atoms with Crippen molar-refractivity contribution in [1.29, 1.82) is 0 Å². The number of hydrogen-bond acceptors (Lipinski definition) is 4. The van der Waals surface area contributed by atoms with Crippen LogP contribution in [0.2, 0.25) is 5.02 Å². The van der Waals surface area contributed by atoms with Crippen LogP contribution < -0.4 is 5.32 Å². The fourth-order valence-electron chi connectivity index (χ4n) is 3.92. The molecule has 0 unspecified atom stereocenters.